The molecule has 3 atom stereocenters. The Balaban J connectivity index is 1.61. The molecule has 1 aliphatic heterocycles. The van der Waals surface area contributed by atoms with Gasteiger partial charge in [0.25, 0.3) is 0 Å². The first-order valence-corrected chi connectivity index (χ1v) is 7.99. The summed E-state index contributed by atoms with van der Waals surface area (Å²) in [5, 5.41) is 15.1. The number of halogens is 1. The number of rotatable bonds is 2. The number of hydrogen-bond acceptors (Lipinski definition) is 5. The van der Waals surface area contributed by atoms with Crippen molar-refractivity contribution in [3.8, 4) is 5.75 Å². The molecule has 3 rings (SSSR count). The Bertz CT molecular complexity index is 534. The zero-order valence-electron chi connectivity index (χ0n) is 10.2. The van der Waals surface area contributed by atoms with Gasteiger partial charge in [0.1, 0.15) is 5.75 Å². The molecule has 6 heteroatoms. The SMILES string of the molecule is Oc1ccccc1/C=N\NC1=N[C@@H]2CC[C@H](Br)[C@H]2S1. The first-order valence-electron chi connectivity index (χ1n) is 6.19. The average molecular weight is 340 g/mol. The van der Waals surface area contributed by atoms with Gasteiger partial charge in [-0.1, -0.05) is 39.8 Å². The Morgan fingerprint density at radius 2 is 2.26 bits per heavy atom. The molecule has 0 bridgehead atoms. The monoisotopic (exact) mass is 339 g/mol. The molecule has 0 radical (unpaired) electrons. The lowest BCUT2D eigenvalue weighted by Gasteiger charge is -2.09. The Kier molecular flexibility index (Phi) is 3.79. The molecule has 0 saturated heterocycles. The third-order valence-electron chi connectivity index (χ3n) is 3.31. The number of hydrogen-bond donors (Lipinski definition) is 2. The summed E-state index contributed by atoms with van der Waals surface area (Å²) in [6.45, 7) is 0. The van der Waals surface area contributed by atoms with Gasteiger partial charge in [-0.3, -0.25) is 10.4 Å². The molecule has 4 nitrogen and oxygen atoms in total. The molecule has 1 saturated carbocycles. The van der Waals surface area contributed by atoms with Crippen molar-refractivity contribution in [2.45, 2.75) is 29.0 Å². The number of benzene rings is 1. The van der Waals surface area contributed by atoms with Crippen LogP contribution in [0.5, 0.6) is 5.75 Å². The molecular formula is C13H14BrN3OS. The van der Waals surface area contributed by atoms with Crippen molar-refractivity contribution in [1.29, 1.82) is 0 Å². The van der Waals surface area contributed by atoms with Crippen LogP contribution in [0, 0.1) is 0 Å². The number of hydrazone groups is 1. The van der Waals surface area contributed by atoms with E-state index in [1.165, 1.54) is 6.42 Å². The van der Waals surface area contributed by atoms with E-state index in [9.17, 15) is 5.11 Å². The zero-order valence-corrected chi connectivity index (χ0v) is 12.6. The fourth-order valence-electron chi connectivity index (χ4n) is 2.31. The van der Waals surface area contributed by atoms with Crippen LogP contribution in [0.4, 0.5) is 0 Å². The summed E-state index contributed by atoms with van der Waals surface area (Å²) in [6.07, 6.45) is 3.94. The molecule has 1 aromatic carbocycles. The molecule has 1 fully saturated rings. The van der Waals surface area contributed by atoms with Crippen LogP contribution in [0.2, 0.25) is 0 Å². The highest BCUT2D eigenvalue weighted by Gasteiger charge is 2.40. The van der Waals surface area contributed by atoms with Crippen molar-refractivity contribution in [3.63, 3.8) is 0 Å². The van der Waals surface area contributed by atoms with Gasteiger partial charge in [0, 0.05) is 15.6 Å². The topological polar surface area (TPSA) is 57.0 Å². The van der Waals surface area contributed by atoms with Crippen molar-refractivity contribution in [3.05, 3.63) is 29.8 Å². The van der Waals surface area contributed by atoms with Gasteiger partial charge in [-0.05, 0) is 25.0 Å². The van der Waals surface area contributed by atoms with E-state index in [0.29, 0.717) is 21.7 Å². The van der Waals surface area contributed by atoms with E-state index in [1.54, 1.807) is 30.1 Å². The molecule has 0 spiro atoms. The molecule has 2 aliphatic rings. The second kappa shape index (κ2) is 5.54. The quantitative estimate of drug-likeness (QED) is 0.494. The Morgan fingerprint density at radius 1 is 1.42 bits per heavy atom. The number of alkyl halides is 1. The number of fused-ring (bicyclic) bond motifs is 1. The summed E-state index contributed by atoms with van der Waals surface area (Å²) >= 11 is 5.44. The van der Waals surface area contributed by atoms with Gasteiger partial charge >= 0.3 is 0 Å². The minimum Gasteiger partial charge on any atom is -0.507 e. The predicted molar refractivity (Wildman–Crippen MR) is 83.4 cm³/mol. The van der Waals surface area contributed by atoms with E-state index in [2.05, 4.69) is 31.4 Å². The molecule has 2 N–H and O–H groups in total. The average Bonchev–Trinajstić information content (AvgIpc) is 2.95. The van der Waals surface area contributed by atoms with Crippen LogP contribution in [0.3, 0.4) is 0 Å². The molecule has 0 unspecified atom stereocenters. The lowest BCUT2D eigenvalue weighted by molar-refractivity contribution is 0.474. The number of para-hydroxylation sites is 1. The third-order valence-corrected chi connectivity index (χ3v) is 6.02. The molecule has 1 aliphatic carbocycles. The van der Waals surface area contributed by atoms with Crippen LogP contribution in [0.25, 0.3) is 0 Å². The fraction of sp³-hybridized carbons (Fsp3) is 0.385. The minimum atomic E-state index is 0.228. The Hall–Kier alpha value is -1.01. The van der Waals surface area contributed by atoms with E-state index in [1.807, 2.05) is 12.1 Å². The lowest BCUT2D eigenvalue weighted by Crippen LogP contribution is -2.17. The number of phenols is 1. The van der Waals surface area contributed by atoms with Crippen molar-refractivity contribution < 1.29 is 5.11 Å². The number of phenolic OH excluding ortho intramolecular Hbond substituents is 1. The summed E-state index contributed by atoms with van der Waals surface area (Å²) in [4.78, 5) is 5.17. The van der Waals surface area contributed by atoms with Gasteiger partial charge in [0.2, 0.25) is 0 Å². The number of nitrogens with zero attached hydrogens (tertiary/aromatic N) is 2. The highest BCUT2D eigenvalue weighted by atomic mass is 79.9. The summed E-state index contributed by atoms with van der Waals surface area (Å²) in [5.74, 6) is 0.228. The van der Waals surface area contributed by atoms with E-state index >= 15 is 0 Å². The number of nitrogens with one attached hydrogen (secondary N) is 1. The van der Waals surface area contributed by atoms with Crippen molar-refractivity contribution in [1.82, 2.24) is 5.43 Å². The summed E-state index contributed by atoms with van der Waals surface area (Å²) in [7, 11) is 0. The van der Waals surface area contributed by atoms with Crippen LogP contribution in [-0.2, 0) is 0 Å². The van der Waals surface area contributed by atoms with Crippen molar-refractivity contribution in [2.24, 2.45) is 10.1 Å². The third kappa shape index (κ3) is 2.79. The molecule has 19 heavy (non-hydrogen) atoms. The Labute approximate surface area is 124 Å². The Morgan fingerprint density at radius 3 is 3.05 bits per heavy atom. The minimum absolute atomic E-state index is 0.228. The molecular weight excluding hydrogens is 326 g/mol. The smallest absolute Gasteiger partial charge is 0.177 e. The predicted octanol–water partition coefficient (Wildman–Crippen LogP) is 2.71. The summed E-state index contributed by atoms with van der Waals surface area (Å²) in [6, 6.07) is 7.52. The van der Waals surface area contributed by atoms with Gasteiger partial charge in [-0.15, -0.1) is 0 Å². The van der Waals surface area contributed by atoms with E-state index in [-0.39, 0.29) is 5.75 Å². The maximum absolute atomic E-state index is 9.61. The number of amidine groups is 1. The molecule has 0 amide bonds. The number of thioether (sulfide) groups is 1. The van der Waals surface area contributed by atoms with E-state index in [4.69, 9.17) is 0 Å². The number of aromatic hydroxyl groups is 1. The van der Waals surface area contributed by atoms with Gasteiger partial charge in [-0.25, -0.2) is 0 Å². The summed E-state index contributed by atoms with van der Waals surface area (Å²) in [5.41, 5.74) is 3.65. The van der Waals surface area contributed by atoms with Gasteiger partial charge in [0.15, 0.2) is 5.17 Å². The van der Waals surface area contributed by atoms with Gasteiger partial charge in [-0.2, -0.15) is 5.10 Å². The van der Waals surface area contributed by atoms with Crippen LogP contribution in [0.1, 0.15) is 18.4 Å². The van der Waals surface area contributed by atoms with Crippen LogP contribution >= 0.6 is 27.7 Å². The van der Waals surface area contributed by atoms with Crippen LogP contribution in [0.15, 0.2) is 34.4 Å². The second-order valence-corrected chi connectivity index (χ2v) is 6.95. The molecule has 0 aromatic heterocycles. The second-order valence-electron chi connectivity index (χ2n) is 4.61. The molecule has 1 heterocycles. The fourth-order valence-corrected chi connectivity index (χ4v) is 4.45. The highest BCUT2D eigenvalue weighted by Crippen LogP contribution is 2.41. The molecule has 1 aromatic rings. The van der Waals surface area contributed by atoms with Crippen LogP contribution < -0.4 is 5.43 Å². The maximum atomic E-state index is 9.61. The van der Waals surface area contributed by atoms with Gasteiger partial charge in [0.05, 0.1) is 12.3 Å². The standard InChI is InChI=1S/C13H14BrN3OS/c14-9-5-6-10-12(9)19-13(16-10)17-15-7-8-3-1-2-4-11(8)18/h1-4,7,9-10,12,18H,5-6H2,(H,16,17)/b15-7-/t9-,10+,12+/m0/s1. The maximum Gasteiger partial charge on any atom is 0.177 e. The van der Waals surface area contributed by atoms with Crippen LogP contribution in [-0.4, -0.2) is 32.6 Å². The lowest BCUT2D eigenvalue weighted by atomic mass is 10.2. The van der Waals surface area contributed by atoms with E-state index in [0.717, 1.165) is 11.6 Å². The molecule has 100 valence electrons. The first-order chi connectivity index (χ1) is 9.24. The zero-order chi connectivity index (χ0) is 13.2. The highest BCUT2D eigenvalue weighted by molar-refractivity contribution is 9.09. The van der Waals surface area contributed by atoms with Crippen molar-refractivity contribution >= 4 is 39.1 Å². The first kappa shape index (κ1) is 13.0. The van der Waals surface area contributed by atoms with Crippen molar-refractivity contribution in [2.75, 3.05) is 0 Å². The largest absolute Gasteiger partial charge is 0.507 e. The van der Waals surface area contributed by atoms with Gasteiger partial charge < -0.3 is 5.11 Å². The normalized spacial score (nSPS) is 29.5. The number of aliphatic imine (C=N–C) groups is 1. The van der Waals surface area contributed by atoms with E-state index < -0.39 is 0 Å². The summed E-state index contributed by atoms with van der Waals surface area (Å²) < 4.78 is 0.